The average molecular weight is 132 g/mol. The van der Waals surface area contributed by atoms with Crippen molar-refractivity contribution in [2.75, 3.05) is 0 Å². The van der Waals surface area contributed by atoms with Crippen LogP contribution in [0.3, 0.4) is 0 Å². The molecule has 0 spiro atoms. The summed E-state index contributed by atoms with van der Waals surface area (Å²) in [5.41, 5.74) is 1.12. The van der Waals surface area contributed by atoms with Gasteiger partial charge in [0.1, 0.15) is 0 Å². The fraction of sp³-hybridized carbons (Fsp3) is 0.143. The molecule has 0 atom stereocenters. The van der Waals surface area contributed by atoms with Crippen LogP contribution < -0.4 is 51.4 Å². The van der Waals surface area contributed by atoms with E-state index in [2.05, 4.69) is 6.07 Å². The monoisotopic (exact) mass is 132 g/mol. The zero-order chi connectivity index (χ0) is 5.98. The van der Waals surface area contributed by atoms with Gasteiger partial charge in [0, 0.05) is 1.37 Å². The Balaban J connectivity index is 0.000000640. The second-order valence-electron chi connectivity index (χ2n) is 1.51. The molecule has 1 aromatic carbocycles. The Kier molecular flexibility index (Phi) is 4.10. The van der Waals surface area contributed by atoms with Gasteiger partial charge in [-0.25, -0.2) is 0 Å². The Labute approximate surface area is 94.1 Å². The van der Waals surface area contributed by atoms with Crippen LogP contribution in [0.15, 0.2) is 24.2 Å². The number of benzene rings is 1. The molecule has 0 heterocycles. The van der Waals surface area contributed by atoms with Crippen LogP contribution in [0.2, 0.25) is 0 Å². The van der Waals surface area contributed by atoms with Crippen molar-refractivity contribution in [2.45, 2.75) is 6.92 Å². The first-order chi connectivity index (χ1) is 3.79. The Bertz CT molecular complexity index is 169. The van der Waals surface area contributed by atoms with Gasteiger partial charge in [-0.1, -0.05) is 6.92 Å². The van der Waals surface area contributed by atoms with Crippen LogP contribution in [0.1, 0.15) is 6.93 Å². The summed E-state index contributed by atoms with van der Waals surface area (Å²) in [4.78, 5) is 0. The summed E-state index contributed by atoms with van der Waals surface area (Å²) in [5.74, 6) is 0. The summed E-state index contributed by atoms with van der Waals surface area (Å²) < 4.78 is 7.08. The van der Waals surface area contributed by atoms with Gasteiger partial charge in [-0.05, 0) is 0 Å². The minimum atomic E-state index is 0. The molecule has 1 rings (SSSR count). The molecule has 0 aliphatic heterocycles. The molecule has 0 N–H and O–H groups in total. The molecule has 0 amide bonds. The standard InChI is InChI=1S/C7H7.K/c1-7-5-3-2-4-6-7;/h3-6H,1H3;/q-1;+1/i3T;. The summed E-state index contributed by atoms with van der Waals surface area (Å²) in [6, 6.07) is 8.67. The molecule has 1 aromatic rings. The van der Waals surface area contributed by atoms with Crippen molar-refractivity contribution in [1.29, 1.82) is 0 Å². The van der Waals surface area contributed by atoms with Crippen molar-refractivity contribution in [3.05, 3.63) is 35.9 Å². The summed E-state index contributed by atoms with van der Waals surface area (Å²) in [6.45, 7) is 1.96. The van der Waals surface area contributed by atoms with Gasteiger partial charge in [-0.2, -0.15) is 35.9 Å². The molecule has 0 radical (unpaired) electrons. The summed E-state index contributed by atoms with van der Waals surface area (Å²) >= 11 is 0. The zero-order valence-corrected chi connectivity index (χ0v) is 8.36. The Hall–Kier alpha value is 0.856. The van der Waals surface area contributed by atoms with Gasteiger partial charge < -0.3 is 0 Å². The van der Waals surface area contributed by atoms with E-state index < -0.39 is 0 Å². The minimum Gasteiger partial charge on any atom is -0.184 e. The van der Waals surface area contributed by atoms with E-state index in [4.69, 9.17) is 1.37 Å². The smallest absolute Gasteiger partial charge is 0.184 e. The van der Waals surface area contributed by atoms with Crippen molar-refractivity contribution < 1.29 is 52.8 Å². The maximum atomic E-state index is 7.08. The maximum Gasteiger partial charge on any atom is 1.00 e. The van der Waals surface area contributed by atoms with E-state index in [1.165, 1.54) is 0 Å². The molecule has 0 bridgehead atoms. The second-order valence-corrected chi connectivity index (χ2v) is 1.51. The fourth-order valence-corrected chi connectivity index (χ4v) is 0.425. The van der Waals surface area contributed by atoms with Gasteiger partial charge in [0.05, 0.1) is 0 Å². The van der Waals surface area contributed by atoms with Crippen LogP contribution in [0, 0.1) is 13.0 Å². The summed E-state index contributed by atoms with van der Waals surface area (Å²) in [5, 5.41) is 0. The van der Waals surface area contributed by atoms with Gasteiger partial charge in [-0.15, -0.1) is 0 Å². The molecule has 0 aromatic heterocycles. The Morgan fingerprint density at radius 3 is 2.75 bits per heavy atom. The number of aryl methyl sites for hydroxylation is 1. The molecule has 0 aliphatic rings. The van der Waals surface area contributed by atoms with Crippen molar-refractivity contribution in [3.8, 4) is 0 Å². The second kappa shape index (κ2) is 4.71. The third-order valence-electron chi connectivity index (χ3n) is 0.813. The van der Waals surface area contributed by atoms with Crippen LogP contribution in [0.5, 0.6) is 0 Å². The van der Waals surface area contributed by atoms with E-state index in [9.17, 15) is 0 Å². The Morgan fingerprint density at radius 1 is 1.62 bits per heavy atom. The normalized spacial score (nSPS) is 9.38. The Morgan fingerprint density at radius 2 is 2.38 bits per heavy atom. The molecule has 0 saturated heterocycles. The number of rotatable bonds is 0. The summed E-state index contributed by atoms with van der Waals surface area (Å²) in [7, 11) is 0. The molecule has 0 fully saturated rings. The van der Waals surface area contributed by atoms with E-state index in [0.717, 1.165) is 5.56 Å². The van der Waals surface area contributed by atoms with Crippen LogP contribution in [-0.2, 0) is 0 Å². The van der Waals surface area contributed by atoms with E-state index in [-0.39, 0.29) is 51.4 Å². The average Bonchev–Trinajstić information content (AvgIpc) is 1.64. The van der Waals surface area contributed by atoms with E-state index in [1.54, 1.807) is 12.1 Å². The molecular formula is C7H7K. The SMILES string of the molecule is [3H]c1[c-]ccc(C)c1.[K+]. The van der Waals surface area contributed by atoms with Crippen LogP contribution in [0.25, 0.3) is 0 Å². The van der Waals surface area contributed by atoms with Crippen LogP contribution >= 0.6 is 0 Å². The quantitative estimate of drug-likeness (QED) is 0.307. The van der Waals surface area contributed by atoms with Gasteiger partial charge in [0.15, 0.2) is 0 Å². The van der Waals surface area contributed by atoms with E-state index in [0.29, 0.717) is 6.04 Å². The van der Waals surface area contributed by atoms with Crippen molar-refractivity contribution in [2.24, 2.45) is 0 Å². The van der Waals surface area contributed by atoms with Gasteiger partial charge in [0.25, 0.3) is 0 Å². The van der Waals surface area contributed by atoms with E-state index >= 15 is 0 Å². The first-order valence-electron chi connectivity index (χ1n) is 2.74. The molecule has 1 heteroatoms. The molecule has 0 unspecified atom stereocenters. The fourth-order valence-electron chi connectivity index (χ4n) is 0.425. The predicted octanol–water partition coefficient (Wildman–Crippen LogP) is -1.20. The molecule has 36 valence electrons. The van der Waals surface area contributed by atoms with Crippen LogP contribution in [0.4, 0.5) is 0 Å². The van der Waals surface area contributed by atoms with Crippen molar-refractivity contribution in [1.82, 2.24) is 0 Å². The van der Waals surface area contributed by atoms with Gasteiger partial charge >= 0.3 is 51.4 Å². The molecule has 0 nitrogen and oxygen atoms in total. The summed E-state index contributed by atoms with van der Waals surface area (Å²) in [6.07, 6.45) is 0. The zero-order valence-electron chi connectivity index (χ0n) is 6.23. The topological polar surface area (TPSA) is 0 Å². The van der Waals surface area contributed by atoms with Crippen molar-refractivity contribution in [3.63, 3.8) is 0 Å². The predicted molar refractivity (Wildman–Crippen MR) is 30.0 cm³/mol. The largest absolute Gasteiger partial charge is 1.00 e. The van der Waals surface area contributed by atoms with E-state index in [1.807, 2.05) is 13.0 Å². The van der Waals surface area contributed by atoms with Gasteiger partial charge in [0.2, 0.25) is 0 Å². The first kappa shape index (κ1) is 6.97. The van der Waals surface area contributed by atoms with Crippen molar-refractivity contribution >= 4 is 0 Å². The van der Waals surface area contributed by atoms with Gasteiger partial charge in [-0.3, -0.25) is 0 Å². The maximum absolute atomic E-state index is 7.08. The third kappa shape index (κ3) is 3.00. The molecule has 0 saturated carbocycles. The van der Waals surface area contributed by atoms with Crippen LogP contribution in [-0.4, -0.2) is 0 Å². The molecule has 8 heavy (non-hydrogen) atoms. The molecule has 0 aliphatic carbocycles. The minimum absolute atomic E-state index is 0. The molecular weight excluding hydrogens is 123 g/mol. The number of hydrogen-bond donors (Lipinski definition) is 0. The third-order valence-corrected chi connectivity index (χ3v) is 0.813. The number of hydrogen-bond acceptors (Lipinski definition) is 0. The first-order valence-corrected chi connectivity index (χ1v) is 2.24.